The summed E-state index contributed by atoms with van der Waals surface area (Å²) in [6.45, 7) is 11.2. The Kier molecular flexibility index (Phi) is 4.91. The van der Waals surface area contributed by atoms with Crippen molar-refractivity contribution in [3.8, 4) is 0 Å². The van der Waals surface area contributed by atoms with E-state index in [9.17, 15) is 0 Å². The summed E-state index contributed by atoms with van der Waals surface area (Å²) in [5, 5.41) is 8.38. The number of hydrogen-bond donors (Lipinski definition) is 0. The van der Waals surface area contributed by atoms with E-state index in [1.807, 2.05) is 4.68 Å². The third kappa shape index (κ3) is 3.55. The zero-order valence-electron chi connectivity index (χ0n) is 11.0. The summed E-state index contributed by atoms with van der Waals surface area (Å²) >= 11 is 0. The minimum atomic E-state index is 0.316. The summed E-state index contributed by atoms with van der Waals surface area (Å²) < 4.78 is 1.90. The van der Waals surface area contributed by atoms with Gasteiger partial charge >= 0.3 is 0 Å². The molecule has 3 nitrogen and oxygen atoms in total. The highest BCUT2D eigenvalue weighted by Gasteiger charge is 2.16. The van der Waals surface area contributed by atoms with Crippen LogP contribution in [0.25, 0.3) is 0 Å². The van der Waals surface area contributed by atoms with Gasteiger partial charge in [0, 0.05) is 12.1 Å². The van der Waals surface area contributed by atoms with Crippen LogP contribution in [0.4, 0.5) is 0 Å². The van der Waals surface area contributed by atoms with Crippen LogP contribution in [0.15, 0.2) is 6.20 Å². The molecular formula is C12H24N3P. The Labute approximate surface area is 101 Å². The van der Waals surface area contributed by atoms with Crippen molar-refractivity contribution in [1.82, 2.24) is 15.0 Å². The van der Waals surface area contributed by atoms with Crippen LogP contribution < -0.4 is 0 Å². The summed E-state index contributed by atoms with van der Waals surface area (Å²) in [7, 11) is 2.73. The fourth-order valence-corrected chi connectivity index (χ4v) is 1.81. The number of nitrogens with zero attached hydrogens (tertiary/aromatic N) is 3. The Bertz CT molecular complexity index is 320. The van der Waals surface area contributed by atoms with Gasteiger partial charge in [-0.3, -0.25) is 0 Å². The summed E-state index contributed by atoms with van der Waals surface area (Å²) in [4.78, 5) is 0. The molecule has 4 heteroatoms. The second-order valence-electron chi connectivity index (χ2n) is 5.22. The Morgan fingerprint density at radius 1 is 1.25 bits per heavy atom. The van der Waals surface area contributed by atoms with Crippen LogP contribution in [0.5, 0.6) is 0 Å². The van der Waals surface area contributed by atoms with Crippen molar-refractivity contribution < 1.29 is 0 Å². The number of aromatic nitrogens is 3. The van der Waals surface area contributed by atoms with Crippen molar-refractivity contribution in [2.24, 2.45) is 11.8 Å². The highest BCUT2D eigenvalue weighted by molar-refractivity contribution is 7.16. The molecule has 0 amide bonds. The molecule has 0 N–H and O–H groups in total. The lowest BCUT2D eigenvalue weighted by atomic mass is 9.87. The average Bonchev–Trinajstić information content (AvgIpc) is 2.65. The molecule has 1 rings (SSSR count). The van der Waals surface area contributed by atoms with Gasteiger partial charge in [0.25, 0.3) is 0 Å². The molecule has 0 saturated heterocycles. The van der Waals surface area contributed by atoms with Crippen LogP contribution in [0.3, 0.4) is 0 Å². The molecule has 4 atom stereocenters. The van der Waals surface area contributed by atoms with E-state index < -0.39 is 0 Å². The highest BCUT2D eigenvalue weighted by Crippen LogP contribution is 2.26. The van der Waals surface area contributed by atoms with Gasteiger partial charge in [-0.2, -0.15) is 0 Å². The van der Waals surface area contributed by atoms with E-state index in [4.69, 9.17) is 0 Å². The zero-order valence-corrected chi connectivity index (χ0v) is 12.2. The van der Waals surface area contributed by atoms with Gasteiger partial charge in [-0.05, 0) is 25.2 Å². The van der Waals surface area contributed by atoms with E-state index in [-0.39, 0.29) is 0 Å². The first kappa shape index (κ1) is 13.6. The largest absolute Gasteiger partial charge is 0.246 e. The third-order valence-corrected chi connectivity index (χ3v) is 3.62. The van der Waals surface area contributed by atoms with Gasteiger partial charge in [-0.25, -0.2) is 4.68 Å². The first-order chi connectivity index (χ1) is 7.41. The number of rotatable bonds is 5. The van der Waals surface area contributed by atoms with Gasteiger partial charge in [0.15, 0.2) is 0 Å². The molecule has 0 aliphatic rings. The van der Waals surface area contributed by atoms with Crippen molar-refractivity contribution in [2.45, 2.75) is 52.7 Å². The maximum absolute atomic E-state index is 4.25. The van der Waals surface area contributed by atoms with Crippen molar-refractivity contribution >= 4 is 9.24 Å². The van der Waals surface area contributed by atoms with E-state index in [2.05, 4.69) is 60.4 Å². The quantitative estimate of drug-likeness (QED) is 0.739. The molecule has 0 aromatic carbocycles. The fourth-order valence-electron chi connectivity index (χ4n) is 1.67. The smallest absolute Gasteiger partial charge is 0.0855 e. The van der Waals surface area contributed by atoms with Crippen molar-refractivity contribution in [1.29, 1.82) is 0 Å². The molecule has 16 heavy (non-hydrogen) atoms. The van der Waals surface area contributed by atoms with Crippen LogP contribution >= 0.6 is 9.24 Å². The summed E-state index contributed by atoms with van der Waals surface area (Å²) in [5.41, 5.74) is 1.11. The van der Waals surface area contributed by atoms with E-state index in [1.54, 1.807) is 0 Å². The Balaban J connectivity index is 2.62. The molecule has 0 radical (unpaired) electrons. The minimum absolute atomic E-state index is 0.316. The molecule has 1 aromatic heterocycles. The predicted octanol–water partition coefficient (Wildman–Crippen LogP) is 3.46. The van der Waals surface area contributed by atoms with Crippen LogP contribution in [0, 0.1) is 11.8 Å². The molecule has 1 aromatic rings. The van der Waals surface area contributed by atoms with E-state index in [0.717, 1.165) is 17.5 Å². The van der Waals surface area contributed by atoms with E-state index >= 15 is 0 Å². The molecule has 92 valence electrons. The van der Waals surface area contributed by atoms with Crippen molar-refractivity contribution in [3.05, 3.63) is 11.9 Å². The molecule has 0 aliphatic carbocycles. The van der Waals surface area contributed by atoms with Gasteiger partial charge in [-0.15, -0.1) is 14.3 Å². The zero-order chi connectivity index (χ0) is 12.3. The fraction of sp³-hybridized carbons (Fsp3) is 0.833. The lowest BCUT2D eigenvalue weighted by Crippen LogP contribution is -2.08. The molecule has 1 heterocycles. The minimum Gasteiger partial charge on any atom is -0.246 e. The number of hydrogen-bond acceptors (Lipinski definition) is 2. The first-order valence-electron chi connectivity index (χ1n) is 6.09. The van der Waals surface area contributed by atoms with Crippen LogP contribution in [-0.4, -0.2) is 15.0 Å². The van der Waals surface area contributed by atoms with Gasteiger partial charge in [0.2, 0.25) is 0 Å². The monoisotopic (exact) mass is 241 g/mol. The second-order valence-corrected chi connectivity index (χ2v) is 6.19. The second kappa shape index (κ2) is 5.77. The van der Waals surface area contributed by atoms with Gasteiger partial charge in [-0.1, -0.05) is 32.9 Å². The third-order valence-electron chi connectivity index (χ3n) is 3.31. The average molecular weight is 241 g/mol. The molecular weight excluding hydrogens is 217 g/mol. The molecule has 0 saturated carbocycles. The summed E-state index contributed by atoms with van der Waals surface area (Å²) in [6, 6.07) is 0. The maximum Gasteiger partial charge on any atom is 0.0855 e. The van der Waals surface area contributed by atoms with Gasteiger partial charge < -0.3 is 0 Å². The first-order valence-corrected chi connectivity index (χ1v) is 6.75. The SMILES string of the molecule is CC(CC(C)C(C)C)c1cn(C(C)P)nn1. The van der Waals surface area contributed by atoms with Crippen LogP contribution in [0.1, 0.15) is 58.4 Å². The highest BCUT2D eigenvalue weighted by atomic mass is 31.0. The molecule has 4 unspecified atom stereocenters. The van der Waals surface area contributed by atoms with Crippen LogP contribution in [0.2, 0.25) is 0 Å². The Morgan fingerprint density at radius 3 is 2.31 bits per heavy atom. The Morgan fingerprint density at radius 2 is 1.88 bits per heavy atom. The summed E-state index contributed by atoms with van der Waals surface area (Å²) in [5.74, 6) is 2.28. The molecule has 0 spiro atoms. The van der Waals surface area contributed by atoms with Crippen molar-refractivity contribution in [3.63, 3.8) is 0 Å². The van der Waals surface area contributed by atoms with Crippen LogP contribution in [-0.2, 0) is 0 Å². The normalized spacial score (nSPS) is 17.4. The van der Waals surface area contributed by atoms with Crippen molar-refractivity contribution in [2.75, 3.05) is 0 Å². The lowest BCUT2D eigenvalue weighted by molar-refractivity contribution is 0.366. The van der Waals surface area contributed by atoms with E-state index in [1.165, 1.54) is 6.42 Å². The molecule has 0 fully saturated rings. The standard InChI is InChI=1S/C12H24N3P/c1-8(2)9(3)6-10(4)12-7-15(11(5)16)14-13-12/h7-11H,6,16H2,1-5H3. The van der Waals surface area contributed by atoms with Gasteiger partial charge in [0.1, 0.15) is 0 Å². The predicted molar refractivity (Wildman–Crippen MR) is 71.5 cm³/mol. The Hall–Kier alpha value is -0.430. The van der Waals surface area contributed by atoms with E-state index in [0.29, 0.717) is 11.7 Å². The topological polar surface area (TPSA) is 30.7 Å². The summed E-state index contributed by atoms with van der Waals surface area (Å²) in [6.07, 6.45) is 3.25. The maximum atomic E-state index is 4.25. The van der Waals surface area contributed by atoms with Gasteiger partial charge in [0.05, 0.1) is 11.5 Å². The molecule has 0 aliphatic heterocycles. The molecule has 0 bridgehead atoms. The lowest BCUT2D eigenvalue weighted by Gasteiger charge is -2.18.